The minimum Gasteiger partial charge on any atom is -0.545 e. The number of aromatic carboxylic acids is 1. The Hall–Kier alpha value is -0.900. The number of alkyl halides is 1. The second-order valence-corrected chi connectivity index (χ2v) is 2.92. The van der Waals surface area contributed by atoms with Crippen molar-refractivity contribution >= 4 is 21.9 Å². The van der Waals surface area contributed by atoms with E-state index in [4.69, 9.17) is 0 Å². The lowest BCUT2D eigenvalue weighted by Crippen LogP contribution is -2.23. The monoisotopic (exact) mass is 228 g/mol. The van der Waals surface area contributed by atoms with E-state index < -0.39 is 5.97 Å². The lowest BCUT2D eigenvalue weighted by molar-refractivity contribution is -0.255. The molecule has 0 spiro atoms. The number of carboxylic acid groups (broad SMARTS) is 1. The summed E-state index contributed by atoms with van der Waals surface area (Å²) in [5, 5.41) is 11.1. The Morgan fingerprint density at radius 1 is 1.67 bits per heavy atom. The molecule has 64 valence electrons. The van der Waals surface area contributed by atoms with Gasteiger partial charge < -0.3 is 9.90 Å². The van der Waals surface area contributed by atoms with Crippen LogP contribution in [0.2, 0.25) is 0 Å². The Bertz CT molecular complexity index is 312. The van der Waals surface area contributed by atoms with Gasteiger partial charge in [0.2, 0.25) is 0 Å². The third-order valence-electron chi connectivity index (χ3n) is 1.50. The van der Waals surface area contributed by atoms with Gasteiger partial charge in [-0.15, -0.1) is 0 Å². The van der Waals surface area contributed by atoms with Crippen LogP contribution in [0.4, 0.5) is 0 Å². The van der Waals surface area contributed by atoms with Crippen molar-refractivity contribution in [3.63, 3.8) is 0 Å². The van der Waals surface area contributed by atoms with E-state index in [1.165, 1.54) is 6.07 Å². The second kappa shape index (κ2) is 3.67. The first-order valence-corrected chi connectivity index (χ1v) is 4.51. The Morgan fingerprint density at radius 2 is 2.33 bits per heavy atom. The number of halogens is 1. The van der Waals surface area contributed by atoms with Crippen LogP contribution in [0, 0.1) is 6.92 Å². The molecule has 1 aromatic heterocycles. The van der Waals surface area contributed by atoms with Gasteiger partial charge in [-0.05, 0) is 19.1 Å². The maximum Gasteiger partial charge on any atom is 0.0733 e. The van der Waals surface area contributed by atoms with Gasteiger partial charge in [0.05, 0.1) is 11.7 Å². The molecule has 12 heavy (non-hydrogen) atoms. The highest BCUT2D eigenvalue weighted by atomic mass is 79.9. The number of carbonyl (C=O) groups excluding carboxylic acids is 1. The van der Waals surface area contributed by atoms with Gasteiger partial charge in [0.15, 0.2) is 0 Å². The van der Waals surface area contributed by atoms with Crippen molar-refractivity contribution in [2.24, 2.45) is 0 Å². The van der Waals surface area contributed by atoms with Crippen molar-refractivity contribution in [3.8, 4) is 0 Å². The first-order chi connectivity index (χ1) is 5.65. The lowest BCUT2D eigenvalue weighted by atomic mass is 10.2. The van der Waals surface area contributed by atoms with E-state index in [0.29, 0.717) is 11.0 Å². The number of carboxylic acids is 1. The number of aromatic nitrogens is 1. The van der Waals surface area contributed by atoms with Crippen molar-refractivity contribution in [1.29, 1.82) is 0 Å². The topological polar surface area (TPSA) is 53.0 Å². The first-order valence-electron chi connectivity index (χ1n) is 3.39. The van der Waals surface area contributed by atoms with Gasteiger partial charge >= 0.3 is 0 Å². The summed E-state index contributed by atoms with van der Waals surface area (Å²) in [6.45, 7) is 1.65. The molecule has 0 amide bonds. The second-order valence-electron chi connectivity index (χ2n) is 2.36. The number of hydrogen-bond donors (Lipinski definition) is 0. The molecular formula is C8H7BrNO2-. The van der Waals surface area contributed by atoms with Crippen LogP contribution in [0.5, 0.6) is 0 Å². The van der Waals surface area contributed by atoms with Crippen LogP contribution in [0.3, 0.4) is 0 Å². The Morgan fingerprint density at radius 3 is 2.75 bits per heavy atom. The van der Waals surface area contributed by atoms with Crippen molar-refractivity contribution in [2.45, 2.75) is 12.3 Å². The molecule has 1 heterocycles. The van der Waals surface area contributed by atoms with E-state index >= 15 is 0 Å². The number of nitrogens with zero attached hydrogens (tertiary/aromatic N) is 1. The van der Waals surface area contributed by atoms with E-state index in [2.05, 4.69) is 20.9 Å². The summed E-state index contributed by atoms with van der Waals surface area (Å²) in [4.78, 5) is 14.5. The van der Waals surface area contributed by atoms with Crippen molar-refractivity contribution in [2.75, 3.05) is 0 Å². The van der Waals surface area contributed by atoms with Crippen molar-refractivity contribution in [3.05, 3.63) is 29.1 Å². The molecular weight excluding hydrogens is 222 g/mol. The first kappa shape index (κ1) is 9.19. The predicted molar refractivity (Wildman–Crippen MR) is 45.9 cm³/mol. The quantitative estimate of drug-likeness (QED) is 0.699. The molecule has 0 aliphatic carbocycles. The standard InChI is InChI=1S/C8H8BrNO2/c1-5-7(8(11)12)3-2-6(4-9)10-5/h2-3H,4H2,1H3,(H,11,12)/p-1. The van der Waals surface area contributed by atoms with Gasteiger partial charge in [0, 0.05) is 16.6 Å². The molecule has 0 aliphatic heterocycles. The van der Waals surface area contributed by atoms with Gasteiger partial charge in [-0.1, -0.05) is 15.9 Å². The van der Waals surface area contributed by atoms with Crippen molar-refractivity contribution in [1.82, 2.24) is 4.98 Å². The van der Waals surface area contributed by atoms with Gasteiger partial charge in [0.1, 0.15) is 0 Å². The molecule has 0 unspecified atom stereocenters. The number of carbonyl (C=O) groups is 1. The van der Waals surface area contributed by atoms with Crippen LogP contribution in [-0.4, -0.2) is 11.0 Å². The third kappa shape index (κ3) is 1.82. The van der Waals surface area contributed by atoms with Gasteiger partial charge in [-0.3, -0.25) is 4.98 Å². The molecule has 4 heteroatoms. The summed E-state index contributed by atoms with van der Waals surface area (Å²) in [5.41, 5.74) is 1.46. The summed E-state index contributed by atoms with van der Waals surface area (Å²) >= 11 is 3.23. The molecule has 0 aliphatic rings. The van der Waals surface area contributed by atoms with Crippen LogP contribution < -0.4 is 5.11 Å². The summed E-state index contributed by atoms with van der Waals surface area (Å²) in [5.74, 6) is -1.18. The van der Waals surface area contributed by atoms with Crippen LogP contribution in [0.25, 0.3) is 0 Å². The highest BCUT2D eigenvalue weighted by Crippen LogP contribution is 2.08. The van der Waals surface area contributed by atoms with Gasteiger partial charge in [0.25, 0.3) is 0 Å². The maximum atomic E-state index is 10.5. The number of hydrogen-bond acceptors (Lipinski definition) is 3. The van der Waals surface area contributed by atoms with Crippen LogP contribution in [0.1, 0.15) is 21.7 Å². The van der Waals surface area contributed by atoms with Crippen molar-refractivity contribution < 1.29 is 9.90 Å². The fraction of sp³-hybridized carbons (Fsp3) is 0.250. The molecule has 0 fully saturated rings. The Labute approximate surface area is 78.6 Å². The average molecular weight is 229 g/mol. The minimum absolute atomic E-state index is 0.153. The summed E-state index contributed by atoms with van der Waals surface area (Å²) < 4.78 is 0. The fourth-order valence-electron chi connectivity index (χ4n) is 0.903. The molecule has 1 aromatic rings. The summed E-state index contributed by atoms with van der Waals surface area (Å²) in [6, 6.07) is 3.17. The Balaban J connectivity index is 3.12. The summed E-state index contributed by atoms with van der Waals surface area (Å²) in [6.07, 6.45) is 0. The molecule has 1 rings (SSSR count). The number of rotatable bonds is 2. The summed E-state index contributed by atoms with van der Waals surface area (Å²) in [7, 11) is 0. The molecule has 0 N–H and O–H groups in total. The molecule has 0 saturated carbocycles. The zero-order chi connectivity index (χ0) is 9.14. The van der Waals surface area contributed by atoms with E-state index in [9.17, 15) is 9.90 Å². The van der Waals surface area contributed by atoms with Crippen LogP contribution in [-0.2, 0) is 5.33 Å². The highest BCUT2D eigenvalue weighted by molar-refractivity contribution is 9.08. The average Bonchev–Trinajstić information content (AvgIpc) is 2.03. The van der Waals surface area contributed by atoms with E-state index in [-0.39, 0.29) is 5.56 Å². The SMILES string of the molecule is Cc1nc(CBr)ccc1C(=O)[O-]. The zero-order valence-corrected chi connectivity index (χ0v) is 8.09. The molecule has 0 saturated heterocycles. The molecule has 0 bridgehead atoms. The fourth-order valence-corrected chi connectivity index (χ4v) is 1.22. The normalized spacial score (nSPS) is 9.83. The van der Waals surface area contributed by atoms with E-state index in [0.717, 1.165) is 5.69 Å². The van der Waals surface area contributed by atoms with E-state index in [1.807, 2.05) is 0 Å². The lowest BCUT2D eigenvalue weighted by Gasteiger charge is -2.06. The van der Waals surface area contributed by atoms with Gasteiger partial charge in [-0.2, -0.15) is 0 Å². The third-order valence-corrected chi connectivity index (χ3v) is 2.07. The predicted octanol–water partition coefficient (Wildman–Crippen LogP) is 0.648. The number of aryl methyl sites for hydroxylation is 1. The Kier molecular flexibility index (Phi) is 2.81. The zero-order valence-electron chi connectivity index (χ0n) is 6.50. The van der Waals surface area contributed by atoms with E-state index in [1.54, 1.807) is 13.0 Å². The smallest absolute Gasteiger partial charge is 0.0733 e. The maximum absolute atomic E-state index is 10.5. The highest BCUT2D eigenvalue weighted by Gasteiger charge is 2.00. The molecule has 0 atom stereocenters. The number of pyridine rings is 1. The molecule has 3 nitrogen and oxygen atoms in total. The van der Waals surface area contributed by atoms with Gasteiger partial charge in [-0.25, -0.2) is 0 Å². The molecule has 0 aromatic carbocycles. The largest absolute Gasteiger partial charge is 0.545 e. The molecule has 0 radical (unpaired) electrons. The van der Waals surface area contributed by atoms with Crippen LogP contribution >= 0.6 is 15.9 Å². The van der Waals surface area contributed by atoms with Crippen LogP contribution in [0.15, 0.2) is 12.1 Å². The minimum atomic E-state index is -1.18.